The lowest BCUT2D eigenvalue weighted by molar-refractivity contribution is -0.144. The van der Waals surface area contributed by atoms with Gasteiger partial charge in [-0.1, -0.05) is 37.3 Å². The number of nitrogens with one attached hydrogen (secondary N) is 2. The van der Waals surface area contributed by atoms with Crippen molar-refractivity contribution in [2.75, 3.05) is 12.0 Å². The molecule has 0 aromatic heterocycles. The van der Waals surface area contributed by atoms with E-state index in [0.717, 1.165) is 12.2 Å². The first-order valence-corrected chi connectivity index (χ1v) is 8.20. The second-order valence-electron chi connectivity index (χ2n) is 4.96. The summed E-state index contributed by atoms with van der Waals surface area (Å²) in [4.78, 5) is 23.7. The standard InChI is InChI=1S/C15H22N2O3S/c1-4-12(10-21-3)16-14(20)17-15(2,13(18)19)11-8-6-5-7-9-11/h5-9,12H,4,10H2,1-3H3,(H,18,19)(H2,16,17,20). The van der Waals surface area contributed by atoms with Crippen LogP contribution < -0.4 is 10.6 Å². The molecule has 5 nitrogen and oxygen atoms in total. The van der Waals surface area contributed by atoms with Gasteiger partial charge in [0.2, 0.25) is 0 Å². The number of carboxylic acids is 1. The molecule has 0 bridgehead atoms. The highest BCUT2D eigenvalue weighted by molar-refractivity contribution is 7.98. The fourth-order valence-electron chi connectivity index (χ4n) is 1.93. The summed E-state index contributed by atoms with van der Waals surface area (Å²) in [5.74, 6) is -0.305. The first kappa shape index (κ1) is 17.4. The molecule has 3 N–H and O–H groups in total. The highest BCUT2D eigenvalue weighted by Gasteiger charge is 2.37. The van der Waals surface area contributed by atoms with Crippen LogP contribution in [0.4, 0.5) is 4.79 Å². The van der Waals surface area contributed by atoms with Gasteiger partial charge in [-0.15, -0.1) is 0 Å². The van der Waals surface area contributed by atoms with E-state index in [1.165, 1.54) is 6.92 Å². The Balaban J connectivity index is 2.84. The predicted molar refractivity (Wildman–Crippen MR) is 85.6 cm³/mol. The summed E-state index contributed by atoms with van der Waals surface area (Å²) in [6.07, 6.45) is 2.76. The van der Waals surface area contributed by atoms with E-state index in [0.29, 0.717) is 5.56 Å². The minimum absolute atomic E-state index is 0.0221. The van der Waals surface area contributed by atoms with Gasteiger partial charge < -0.3 is 15.7 Å². The van der Waals surface area contributed by atoms with E-state index in [2.05, 4.69) is 10.6 Å². The Morgan fingerprint density at radius 2 is 1.95 bits per heavy atom. The molecule has 0 radical (unpaired) electrons. The van der Waals surface area contributed by atoms with Gasteiger partial charge in [0, 0.05) is 11.8 Å². The minimum Gasteiger partial charge on any atom is -0.479 e. The van der Waals surface area contributed by atoms with Crippen LogP contribution in [0.3, 0.4) is 0 Å². The lowest BCUT2D eigenvalue weighted by atomic mass is 9.92. The molecular formula is C15H22N2O3S. The monoisotopic (exact) mass is 310 g/mol. The van der Waals surface area contributed by atoms with Gasteiger partial charge in [0.25, 0.3) is 0 Å². The van der Waals surface area contributed by atoms with Crippen LogP contribution in [-0.4, -0.2) is 35.2 Å². The summed E-state index contributed by atoms with van der Waals surface area (Å²) in [5, 5.41) is 14.9. The van der Waals surface area contributed by atoms with E-state index in [9.17, 15) is 14.7 Å². The molecule has 0 aliphatic carbocycles. The third-order valence-electron chi connectivity index (χ3n) is 3.34. The van der Waals surface area contributed by atoms with Gasteiger partial charge in [-0.2, -0.15) is 11.8 Å². The Kier molecular flexibility index (Phi) is 6.55. The third-order valence-corrected chi connectivity index (χ3v) is 4.07. The van der Waals surface area contributed by atoms with Crippen LogP contribution in [0.1, 0.15) is 25.8 Å². The summed E-state index contributed by atoms with van der Waals surface area (Å²) >= 11 is 1.64. The van der Waals surface area contributed by atoms with Gasteiger partial charge in [-0.3, -0.25) is 0 Å². The maximum absolute atomic E-state index is 12.1. The number of benzene rings is 1. The van der Waals surface area contributed by atoms with E-state index in [4.69, 9.17) is 0 Å². The summed E-state index contributed by atoms with van der Waals surface area (Å²) < 4.78 is 0. The van der Waals surface area contributed by atoms with E-state index >= 15 is 0 Å². The summed E-state index contributed by atoms with van der Waals surface area (Å²) in [6, 6.07) is 8.23. The third kappa shape index (κ3) is 4.67. The van der Waals surface area contributed by atoms with Crippen LogP contribution >= 0.6 is 11.8 Å². The Morgan fingerprint density at radius 3 is 2.43 bits per heavy atom. The van der Waals surface area contributed by atoms with Gasteiger partial charge in [0.15, 0.2) is 5.54 Å². The average Bonchev–Trinajstić information content (AvgIpc) is 2.47. The zero-order valence-electron chi connectivity index (χ0n) is 12.6. The van der Waals surface area contributed by atoms with Crippen LogP contribution in [0.25, 0.3) is 0 Å². The van der Waals surface area contributed by atoms with Crippen molar-refractivity contribution in [3.63, 3.8) is 0 Å². The normalized spacial score (nSPS) is 14.8. The van der Waals surface area contributed by atoms with Gasteiger partial charge >= 0.3 is 12.0 Å². The molecule has 0 spiro atoms. The lowest BCUT2D eigenvalue weighted by Gasteiger charge is -2.28. The van der Waals surface area contributed by atoms with Crippen LogP contribution in [0, 0.1) is 0 Å². The topological polar surface area (TPSA) is 78.4 Å². The molecule has 1 rings (SSSR count). The number of hydrogen-bond donors (Lipinski definition) is 3. The average molecular weight is 310 g/mol. The highest BCUT2D eigenvalue weighted by Crippen LogP contribution is 2.20. The zero-order valence-corrected chi connectivity index (χ0v) is 13.4. The molecule has 0 aliphatic heterocycles. The maximum Gasteiger partial charge on any atom is 0.333 e. The zero-order chi connectivity index (χ0) is 15.9. The molecule has 2 unspecified atom stereocenters. The quantitative estimate of drug-likeness (QED) is 0.723. The fraction of sp³-hybridized carbons (Fsp3) is 0.467. The van der Waals surface area contributed by atoms with Crippen LogP contribution in [0.15, 0.2) is 30.3 Å². The Bertz CT molecular complexity index is 481. The highest BCUT2D eigenvalue weighted by atomic mass is 32.2. The number of urea groups is 1. The number of carbonyl (C=O) groups excluding carboxylic acids is 1. The molecular weight excluding hydrogens is 288 g/mol. The second-order valence-corrected chi connectivity index (χ2v) is 5.87. The lowest BCUT2D eigenvalue weighted by Crippen LogP contribution is -2.54. The number of hydrogen-bond acceptors (Lipinski definition) is 3. The molecule has 2 amide bonds. The largest absolute Gasteiger partial charge is 0.479 e. The van der Waals surface area contributed by atoms with Crippen molar-refractivity contribution in [1.82, 2.24) is 10.6 Å². The smallest absolute Gasteiger partial charge is 0.333 e. The Labute approximate surface area is 129 Å². The van der Waals surface area contributed by atoms with Crippen LogP contribution in [-0.2, 0) is 10.3 Å². The van der Waals surface area contributed by atoms with E-state index in [1.54, 1.807) is 42.1 Å². The molecule has 0 saturated heterocycles. The van der Waals surface area contributed by atoms with Crippen molar-refractivity contribution >= 4 is 23.8 Å². The van der Waals surface area contributed by atoms with Crippen molar-refractivity contribution in [2.24, 2.45) is 0 Å². The maximum atomic E-state index is 12.1. The number of thioether (sulfide) groups is 1. The van der Waals surface area contributed by atoms with Gasteiger partial charge in [-0.25, -0.2) is 9.59 Å². The van der Waals surface area contributed by atoms with Gasteiger partial charge in [0.1, 0.15) is 0 Å². The van der Waals surface area contributed by atoms with E-state index in [1.807, 2.05) is 13.2 Å². The van der Waals surface area contributed by atoms with Gasteiger partial charge in [0.05, 0.1) is 0 Å². The molecule has 0 fully saturated rings. The first-order chi connectivity index (χ1) is 9.93. The fourth-order valence-corrected chi connectivity index (χ4v) is 2.65. The van der Waals surface area contributed by atoms with Gasteiger partial charge in [-0.05, 0) is 25.2 Å². The second kappa shape index (κ2) is 7.93. The molecule has 116 valence electrons. The molecule has 0 aliphatic rings. The molecule has 1 aromatic carbocycles. The number of amides is 2. The summed E-state index contributed by atoms with van der Waals surface area (Å²) in [5.41, 5.74) is -0.922. The van der Waals surface area contributed by atoms with Crippen LogP contribution in [0.2, 0.25) is 0 Å². The molecule has 0 heterocycles. The molecule has 0 saturated carbocycles. The van der Waals surface area contributed by atoms with Crippen molar-refractivity contribution in [3.8, 4) is 0 Å². The number of carbonyl (C=O) groups is 2. The predicted octanol–water partition coefficient (Wildman–Crippen LogP) is 2.43. The van der Waals surface area contributed by atoms with E-state index < -0.39 is 17.5 Å². The molecule has 1 aromatic rings. The summed E-state index contributed by atoms with van der Waals surface area (Å²) in [7, 11) is 0. The first-order valence-electron chi connectivity index (χ1n) is 6.80. The Morgan fingerprint density at radius 1 is 1.33 bits per heavy atom. The molecule has 6 heteroatoms. The van der Waals surface area contributed by atoms with Crippen molar-refractivity contribution in [1.29, 1.82) is 0 Å². The number of aliphatic carboxylic acids is 1. The minimum atomic E-state index is -1.46. The van der Waals surface area contributed by atoms with Crippen molar-refractivity contribution in [2.45, 2.75) is 31.8 Å². The molecule has 21 heavy (non-hydrogen) atoms. The van der Waals surface area contributed by atoms with Crippen molar-refractivity contribution in [3.05, 3.63) is 35.9 Å². The van der Waals surface area contributed by atoms with E-state index in [-0.39, 0.29) is 6.04 Å². The van der Waals surface area contributed by atoms with Crippen molar-refractivity contribution < 1.29 is 14.7 Å². The van der Waals surface area contributed by atoms with Crippen LogP contribution in [0.5, 0.6) is 0 Å². The SMILES string of the molecule is CCC(CSC)NC(=O)NC(C)(C(=O)O)c1ccccc1. The number of carboxylic acid groups (broad SMARTS) is 1. The molecule has 2 atom stereocenters. The number of rotatable bonds is 7. The summed E-state index contributed by atoms with van der Waals surface area (Å²) in [6.45, 7) is 3.47. The Hall–Kier alpha value is -1.69.